The Hall–Kier alpha value is -1.43. The fraction of sp³-hybridized carbons (Fsp3) is 0.471. The van der Waals surface area contributed by atoms with Gasteiger partial charge in [0.15, 0.2) is 5.96 Å². The van der Waals surface area contributed by atoms with Gasteiger partial charge >= 0.3 is 0 Å². The van der Waals surface area contributed by atoms with Crippen LogP contribution in [0, 0.1) is 0 Å². The highest BCUT2D eigenvalue weighted by Gasteiger charge is 2.23. The topological polar surface area (TPSA) is 85.0 Å². The molecule has 2 heterocycles. The predicted molar refractivity (Wildman–Crippen MR) is 114 cm³/mol. The molecule has 1 N–H and O–H groups in total. The average molecular weight is 508 g/mol. The van der Waals surface area contributed by atoms with Crippen LogP contribution in [-0.4, -0.2) is 67.6 Å². The highest BCUT2D eigenvalue weighted by Crippen LogP contribution is 2.19. The fourth-order valence-electron chi connectivity index (χ4n) is 2.76. The number of benzene rings is 1. The Morgan fingerprint density at radius 1 is 1.48 bits per heavy atom. The molecule has 10 heteroatoms. The summed E-state index contributed by atoms with van der Waals surface area (Å²) >= 11 is 6.00. The summed E-state index contributed by atoms with van der Waals surface area (Å²) in [7, 11) is 3.41. The Balaban J connectivity index is 0.00000261. The molecule has 0 radical (unpaired) electrons. The number of guanidine groups is 1. The number of rotatable bonds is 5. The SMILES string of the molecule is CN=C(NCc1nc(-c2cccc(Cl)c2)no1)N1CCOC(COC)C1.I. The van der Waals surface area contributed by atoms with Gasteiger partial charge in [-0.05, 0) is 12.1 Å². The van der Waals surface area contributed by atoms with Crippen molar-refractivity contribution in [3.8, 4) is 11.4 Å². The molecule has 1 atom stereocenters. The van der Waals surface area contributed by atoms with E-state index < -0.39 is 0 Å². The lowest BCUT2D eigenvalue weighted by atomic mass is 10.2. The van der Waals surface area contributed by atoms with Gasteiger partial charge in [0.2, 0.25) is 11.7 Å². The van der Waals surface area contributed by atoms with Crippen LogP contribution in [0.1, 0.15) is 5.89 Å². The standard InChI is InChI=1S/C17H22ClN5O3.HI/c1-19-17(23-6-7-25-14(10-23)11-24-2)20-9-15-21-16(22-26-15)12-4-3-5-13(18)8-12;/h3-5,8,14H,6-7,9-11H2,1-2H3,(H,19,20);1H. The first-order valence-electron chi connectivity index (χ1n) is 8.34. The van der Waals surface area contributed by atoms with Gasteiger partial charge in [-0.3, -0.25) is 4.99 Å². The summed E-state index contributed by atoms with van der Waals surface area (Å²) in [6, 6.07) is 7.34. The van der Waals surface area contributed by atoms with E-state index in [2.05, 4.69) is 25.3 Å². The molecule has 1 fully saturated rings. The number of aliphatic imine (C=N–C) groups is 1. The molecule has 1 aliphatic heterocycles. The summed E-state index contributed by atoms with van der Waals surface area (Å²) in [5, 5.41) is 7.89. The van der Waals surface area contributed by atoms with Crippen LogP contribution in [0.2, 0.25) is 5.02 Å². The van der Waals surface area contributed by atoms with E-state index in [9.17, 15) is 0 Å². The van der Waals surface area contributed by atoms with Crippen molar-refractivity contribution < 1.29 is 14.0 Å². The molecule has 3 rings (SSSR count). The van der Waals surface area contributed by atoms with Gasteiger partial charge in [0, 0.05) is 37.8 Å². The first-order chi connectivity index (χ1) is 12.7. The molecule has 0 bridgehead atoms. The van der Waals surface area contributed by atoms with Crippen molar-refractivity contribution in [2.75, 3.05) is 40.5 Å². The third-order valence-electron chi connectivity index (χ3n) is 3.95. The third kappa shape index (κ3) is 6.03. The van der Waals surface area contributed by atoms with Crippen molar-refractivity contribution in [3.05, 3.63) is 35.2 Å². The molecular weight excluding hydrogens is 485 g/mol. The van der Waals surface area contributed by atoms with Crippen molar-refractivity contribution in [3.63, 3.8) is 0 Å². The number of morpholine rings is 1. The zero-order valence-electron chi connectivity index (χ0n) is 15.2. The number of methoxy groups -OCH3 is 1. The summed E-state index contributed by atoms with van der Waals surface area (Å²) in [5.41, 5.74) is 0.812. The van der Waals surface area contributed by atoms with Gasteiger partial charge in [-0.2, -0.15) is 4.98 Å². The van der Waals surface area contributed by atoms with E-state index in [4.69, 9.17) is 25.6 Å². The van der Waals surface area contributed by atoms with Crippen molar-refractivity contribution in [1.29, 1.82) is 0 Å². The van der Waals surface area contributed by atoms with E-state index in [-0.39, 0.29) is 30.1 Å². The maximum Gasteiger partial charge on any atom is 0.246 e. The first kappa shape index (κ1) is 21.9. The van der Waals surface area contributed by atoms with Crippen LogP contribution < -0.4 is 5.32 Å². The largest absolute Gasteiger partial charge is 0.382 e. The van der Waals surface area contributed by atoms with E-state index in [0.717, 1.165) is 18.1 Å². The summed E-state index contributed by atoms with van der Waals surface area (Å²) in [5.74, 6) is 1.74. The van der Waals surface area contributed by atoms with Crippen molar-refractivity contribution in [1.82, 2.24) is 20.4 Å². The fourth-order valence-corrected chi connectivity index (χ4v) is 2.95. The lowest BCUT2D eigenvalue weighted by Crippen LogP contribution is -2.51. The zero-order valence-corrected chi connectivity index (χ0v) is 18.3. The van der Waals surface area contributed by atoms with E-state index in [1.54, 1.807) is 26.3 Å². The lowest BCUT2D eigenvalue weighted by molar-refractivity contribution is -0.0447. The molecule has 1 saturated heterocycles. The Morgan fingerprint density at radius 3 is 3.07 bits per heavy atom. The van der Waals surface area contributed by atoms with E-state index in [1.165, 1.54) is 0 Å². The van der Waals surface area contributed by atoms with E-state index in [0.29, 0.717) is 43.0 Å². The molecule has 0 spiro atoms. The van der Waals surface area contributed by atoms with Crippen LogP contribution in [0.3, 0.4) is 0 Å². The van der Waals surface area contributed by atoms with Crippen LogP contribution in [0.5, 0.6) is 0 Å². The minimum Gasteiger partial charge on any atom is -0.382 e. The molecule has 8 nitrogen and oxygen atoms in total. The van der Waals surface area contributed by atoms with Gasteiger partial charge in [0.05, 0.1) is 25.9 Å². The number of hydrogen-bond acceptors (Lipinski definition) is 6. The minimum atomic E-state index is 0. The summed E-state index contributed by atoms with van der Waals surface area (Å²) in [6.07, 6.45) is 0.0325. The predicted octanol–water partition coefficient (Wildman–Crippen LogP) is 2.43. The maximum atomic E-state index is 6.00. The number of nitrogens with zero attached hydrogens (tertiary/aromatic N) is 4. The monoisotopic (exact) mass is 507 g/mol. The maximum absolute atomic E-state index is 6.00. The summed E-state index contributed by atoms with van der Waals surface area (Å²) in [4.78, 5) is 10.9. The number of nitrogens with one attached hydrogen (secondary N) is 1. The second-order valence-electron chi connectivity index (χ2n) is 5.82. The molecule has 0 saturated carbocycles. The molecule has 0 amide bonds. The van der Waals surface area contributed by atoms with Gasteiger partial charge < -0.3 is 24.2 Å². The van der Waals surface area contributed by atoms with Gasteiger partial charge in [-0.25, -0.2) is 0 Å². The van der Waals surface area contributed by atoms with Gasteiger partial charge in [0.25, 0.3) is 0 Å². The Kier molecular flexibility index (Phi) is 8.74. The van der Waals surface area contributed by atoms with Crippen LogP contribution in [0.4, 0.5) is 0 Å². The molecule has 0 aliphatic carbocycles. The van der Waals surface area contributed by atoms with Crippen LogP contribution in [-0.2, 0) is 16.0 Å². The molecule has 2 aromatic rings. The lowest BCUT2D eigenvalue weighted by Gasteiger charge is -2.34. The zero-order chi connectivity index (χ0) is 18.4. The molecule has 1 aromatic carbocycles. The van der Waals surface area contributed by atoms with Crippen LogP contribution >= 0.6 is 35.6 Å². The summed E-state index contributed by atoms with van der Waals surface area (Å²) < 4.78 is 16.2. The normalized spacial score (nSPS) is 17.5. The van der Waals surface area contributed by atoms with E-state index >= 15 is 0 Å². The first-order valence-corrected chi connectivity index (χ1v) is 8.72. The van der Waals surface area contributed by atoms with Crippen molar-refractivity contribution >= 4 is 41.5 Å². The molecule has 148 valence electrons. The molecule has 1 aromatic heterocycles. The molecule has 1 aliphatic rings. The Bertz CT molecular complexity index is 756. The van der Waals surface area contributed by atoms with Gasteiger partial charge in [-0.1, -0.05) is 28.9 Å². The minimum absolute atomic E-state index is 0. The van der Waals surface area contributed by atoms with Crippen molar-refractivity contribution in [2.45, 2.75) is 12.6 Å². The smallest absolute Gasteiger partial charge is 0.246 e. The molecule has 27 heavy (non-hydrogen) atoms. The van der Waals surface area contributed by atoms with Gasteiger partial charge in [0.1, 0.15) is 0 Å². The van der Waals surface area contributed by atoms with Crippen LogP contribution in [0.25, 0.3) is 11.4 Å². The van der Waals surface area contributed by atoms with Gasteiger partial charge in [-0.15, -0.1) is 24.0 Å². The number of halogens is 2. The molecular formula is C17H23ClIN5O3. The van der Waals surface area contributed by atoms with E-state index in [1.807, 2.05) is 12.1 Å². The average Bonchev–Trinajstić information content (AvgIpc) is 3.12. The summed E-state index contributed by atoms with van der Waals surface area (Å²) in [6.45, 7) is 3.05. The second-order valence-corrected chi connectivity index (χ2v) is 6.25. The Labute approximate surface area is 180 Å². The van der Waals surface area contributed by atoms with Crippen LogP contribution in [0.15, 0.2) is 33.8 Å². The number of hydrogen-bond donors (Lipinski definition) is 1. The highest BCUT2D eigenvalue weighted by molar-refractivity contribution is 14.0. The number of aromatic nitrogens is 2. The third-order valence-corrected chi connectivity index (χ3v) is 4.19. The molecule has 1 unspecified atom stereocenters. The Morgan fingerprint density at radius 2 is 2.33 bits per heavy atom. The quantitative estimate of drug-likeness (QED) is 0.378. The second kappa shape index (κ2) is 10.8. The van der Waals surface area contributed by atoms with Crippen molar-refractivity contribution in [2.24, 2.45) is 4.99 Å². The highest BCUT2D eigenvalue weighted by atomic mass is 127. The number of ether oxygens (including phenoxy) is 2.